The van der Waals surface area contributed by atoms with Crippen LogP contribution < -0.4 is 25.8 Å². The van der Waals surface area contributed by atoms with Gasteiger partial charge in [0.15, 0.2) is 11.5 Å². The first-order valence-electron chi connectivity index (χ1n) is 8.67. The number of anilines is 1. The monoisotopic (exact) mass is 404 g/mol. The molecule has 0 unspecified atom stereocenters. The molecule has 0 aliphatic carbocycles. The van der Waals surface area contributed by atoms with Crippen LogP contribution in [0.5, 0.6) is 11.5 Å². The number of thiophene rings is 1. The van der Waals surface area contributed by atoms with Gasteiger partial charge in [0.05, 0.1) is 20.2 Å². The minimum absolute atomic E-state index is 0.00266. The number of nitrogens with two attached hydrogens (primary N) is 2. The second kappa shape index (κ2) is 9.72. The Morgan fingerprint density at radius 2 is 2.21 bits per heavy atom. The van der Waals surface area contributed by atoms with Crippen LogP contribution in [-0.2, 0) is 13.2 Å². The molecule has 28 heavy (non-hydrogen) atoms. The summed E-state index contributed by atoms with van der Waals surface area (Å²) in [4.78, 5) is 13.0. The van der Waals surface area contributed by atoms with Crippen molar-refractivity contribution in [1.29, 1.82) is 0 Å². The van der Waals surface area contributed by atoms with Crippen molar-refractivity contribution < 1.29 is 24.2 Å². The summed E-state index contributed by atoms with van der Waals surface area (Å²) in [5.74, 6) is 0.992. The zero-order valence-corrected chi connectivity index (χ0v) is 16.2. The van der Waals surface area contributed by atoms with Crippen molar-refractivity contribution in [2.75, 3.05) is 25.9 Å². The lowest BCUT2D eigenvalue weighted by Crippen LogP contribution is -2.84. The highest BCUT2D eigenvalue weighted by atomic mass is 32.1. The molecule has 9 nitrogen and oxygen atoms in total. The number of aromatic nitrogens is 2. The number of hydrogen-bond donors (Lipinski definition) is 3. The van der Waals surface area contributed by atoms with Crippen LogP contribution in [0.15, 0.2) is 40.3 Å². The van der Waals surface area contributed by atoms with Gasteiger partial charge in [-0.25, -0.2) is 4.63 Å². The van der Waals surface area contributed by atoms with Gasteiger partial charge in [-0.3, -0.25) is 4.79 Å². The minimum atomic E-state index is -0.402. The summed E-state index contributed by atoms with van der Waals surface area (Å²) < 4.78 is 15.7. The Morgan fingerprint density at radius 1 is 1.32 bits per heavy atom. The van der Waals surface area contributed by atoms with Crippen LogP contribution in [0.4, 0.5) is 5.82 Å². The Labute approximate surface area is 165 Å². The standard InChI is InChI=1S/C18H21N5O4S/c1-25-15-9-12(4-5-14(15)26-11-13-3-2-8-28-13)10-20-6-7-21-18(24)16-17(19)23-27-22-16/h2-5,8-9,20H,6-7,10-11H2,1H3,(H2,19,23)(H,21,24)/p+1. The molecule has 0 saturated carbocycles. The van der Waals surface area contributed by atoms with Gasteiger partial charge in [-0.1, -0.05) is 6.07 Å². The van der Waals surface area contributed by atoms with Gasteiger partial charge in [0.25, 0.3) is 5.91 Å². The maximum atomic E-state index is 11.8. The number of carbonyl (C=O) groups is 1. The lowest BCUT2D eigenvalue weighted by molar-refractivity contribution is -0.668. The lowest BCUT2D eigenvalue weighted by Gasteiger charge is -2.11. The van der Waals surface area contributed by atoms with Gasteiger partial charge in [0.2, 0.25) is 11.5 Å². The number of carbonyl (C=O) groups excluding carboxylic acids is 1. The van der Waals surface area contributed by atoms with Crippen LogP contribution in [0.25, 0.3) is 0 Å². The Bertz CT molecular complexity index is 897. The highest BCUT2D eigenvalue weighted by molar-refractivity contribution is 7.09. The van der Waals surface area contributed by atoms with Crippen molar-refractivity contribution in [3.63, 3.8) is 0 Å². The van der Waals surface area contributed by atoms with Crippen LogP contribution in [0.1, 0.15) is 20.9 Å². The van der Waals surface area contributed by atoms with Gasteiger partial charge in [0, 0.05) is 10.4 Å². The van der Waals surface area contributed by atoms with E-state index in [9.17, 15) is 4.79 Å². The number of amides is 1. The van der Waals surface area contributed by atoms with Gasteiger partial charge >= 0.3 is 0 Å². The fraction of sp³-hybridized carbons (Fsp3) is 0.278. The predicted octanol–water partition coefficient (Wildman–Crippen LogP) is 0.794. The van der Waals surface area contributed by atoms with E-state index in [1.807, 2.05) is 35.7 Å². The van der Waals surface area contributed by atoms with Crippen molar-refractivity contribution in [3.05, 3.63) is 51.8 Å². The molecule has 0 bridgehead atoms. The van der Waals surface area contributed by atoms with Gasteiger partial charge in [-0.2, -0.15) is 0 Å². The largest absolute Gasteiger partial charge is 0.493 e. The van der Waals surface area contributed by atoms with Crippen molar-refractivity contribution in [1.82, 2.24) is 15.6 Å². The average Bonchev–Trinajstić information content (AvgIpc) is 3.37. The van der Waals surface area contributed by atoms with E-state index in [-0.39, 0.29) is 11.5 Å². The normalized spacial score (nSPS) is 10.6. The fourth-order valence-electron chi connectivity index (χ4n) is 2.50. The quantitative estimate of drug-likeness (QED) is 0.426. The van der Waals surface area contributed by atoms with Gasteiger partial charge in [-0.15, -0.1) is 11.3 Å². The number of hydrogen-bond acceptors (Lipinski definition) is 8. The minimum Gasteiger partial charge on any atom is -0.493 e. The number of nitrogens with one attached hydrogen (secondary N) is 1. The summed E-state index contributed by atoms with van der Waals surface area (Å²) in [6.45, 7) is 2.41. The molecule has 0 spiro atoms. The Balaban J connectivity index is 1.43. The summed E-state index contributed by atoms with van der Waals surface area (Å²) in [5.41, 5.74) is 6.58. The first-order valence-corrected chi connectivity index (χ1v) is 9.55. The summed E-state index contributed by atoms with van der Waals surface area (Å²) in [5, 5.41) is 13.7. The maximum Gasteiger partial charge on any atom is 0.277 e. The maximum absolute atomic E-state index is 11.8. The number of rotatable bonds is 10. The topological polar surface area (TPSA) is 129 Å². The molecule has 0 atom stereocenters. The van der Waals surface area contributed by atoms with Crippen molar-refractivity contribution in [3.8, 4) is 11.5 Å². The number of benzene rings is 1. The molecule has 10 heteroatoms. The van der Waals surface area contributed by atoms with E-state index in [0.29, 0.717) is 31.2 Å². The average molecular weight is 404 g/mol. The SMILES string of the molecule is COc1cc(C[NH2+]CCNC(=O)c2nonc2N)ccc1OCc1cccs1. The first-order chi connectivity index (χ1) is 13.7. The smallest absolute Gasteiger partial charge is 0.277 e. The van der Waals surface area contributed by atoms with Crippen LogP contribution in [-0.4, -0.2) is 36.4 Å². The van der Waals surface area contributed by atoms with Crippen LogP contribution in [0.2, 0.25) is 0 Å². The summed E-state index contributed by atoms with van der Waals surface area (Å²) >= 11 is 1.66. The molecule has 2 aromatic heterocycles. The fourth-order valence-corrected chi connectivity index (χ4v) is 3.11. The predicted molar refractivity (Wildman–Crippen MR) is 103 cm³/mol. The van der Waals surface area contributed by atoms with Gasteiger partial charge < -0.3 is 25.8 Å². The molecule has 148 valence electrons. The third-order valence-corrected chi connectivity index (χ3v) is 4.77. The second-order valence-corrected chi connectivity index (χ2v) is 6.92. The van der Waals surface area contributed by atoms with E-state index < -0.39 is 5.91 Å². The number of methoxy groups -OCH3 is 1. The van der Waals surface area contributed by atoms with Crippen LogP contribution >= 0.6 is 11.3 Å². The molecule has 0 aliphatic rings. The molecule has 0 fully saturated rings. The molecular formula is C18H22N5O4S+. The molecule has 3 aromatic rings. The second-order valence-electron chi connectivity index (χ2n) is 5.89. The Kier molecular flexibility index (Phi) is 6.82. The molecule has 0 saturated heterocycles. The third-order valence-electron chi connectivity index (χ3n) is 3.92. The highest BCUT2D eigenvalue weighted by Crippen LogP contribution is 2.29. The van der Waals surface area contributed by atoms with Crippen LogP contribution in [0.3, 0.4) is 0 Å². The van der Waals surface area contributed by atoms with E-state index in [4.69, 9.17) is 15.2 Å². The number of quaternary nitrogens is 1. The van der Waals surface area contributed by atoms with E-state index in [0.717, 1.165) is 17.0 Å². The highest BCUT2D eigenvalue weighted by Gasteiger charge is 2.15. The number of ether oxygens (including phenoxy) is 2. The molecule has 5 N–H and O–H groups in total. The van der Waals surface area contributed by atoms with E-state index in [1.165, 1.54) is 0 Å². The van der Waals surface area contributed by atoms with E-state index >= 15 is 0 Å². The molecule has 3 rings (SSSR count). The van der Waals surface area contributed by atoms with Gasteiger partial charge in [0.1, 0.15) is 13.2 Å². The number of nitrogens with zero attached hydrogens (tertiary/aromatic N) is 2. The zero-order valence-electron chi connectivity index (χ0n) is 15.4. The molecule has 1 amide bonds. The van der Waals surface area contributed by atoms with Crippen molar-refractivity contribution in [2.45, 2.75) is 13.2 Å². The van der Waals surface area contributed by atoms with Gasteiger partial charge in [-0.05, 0) is 40.0 Å². The molecule has 0 radical (unpaired) electrons. The summed E-state index contributed by atoms with van der Waals surface area (Å²) in [6, 6.07) is 9.91. The zero-order chi connectivity index (χ0) is 19.8. The molecular weight excluding hydrogens is 382 g/mol. The van der Waals surface area contributed by atoms with Crippen LogP contribution in [0, 0.1) is 0 Å². The van der Waals surface area contributed by atoms with E-state index in [2.05, 4.69) is 25.6 Å². The van der Waals surface area contributed by atoms with Crippen molar-refractivity contribution in [2.24, 2.45) is 0 Å². The number of nitrogen functional groups attached to an aromatic ring is 1. The Morgan fingerprint density at radius 3 is 2.93 bits per heavy atom. The lowest BCUT2D eigenvalue weighted by atomic mass is 10.2. The summed E-state index contributed by atoms with van der Waals surface area (Å²) in [6.07, 6.45) is 0. The summed E-state index contributed by atoms with van der Waals surface area (Å²) in [7, 11) is 1.63. The van der Waals surface area contributed by atoms with Crippen molar-refractivity contribution >= 4 is 23.1 Å². The molecule has 1 aromatic carbocycles. The molecule has 0 aliphatic heterocycles. The van der Waals surface area contributed by atoms with E-state index in [1.54, 1.807) is 18.4 Å². The third kappa shape index (κ3) is 5.21. The first kappa shape index (κ1) is 19.6. The Hall–Kier alpha value is -3.11. The molecule has 2 heterocycles.